The lowest BCUT2D eigenvalue weighted by Gasteiger charge is -2.04. The van der Waals surface area contributed by atoms with Crippen LogP contribution in [0, 0.1) is 6.92 Å². The van der Waals surface area contributed by atoms with Gasteiger partial charge in [-0.1, -0.05) is 0 Å². The highest BCUT2D eigenvalue weighted by molar-refractivity contribution is 7.10. The lowest BCUT2D eigenvalue weighted by atomic mass is 10.2. The number of aryl methyl sites for hydroxylation is 2. The molecule has 0 fully saturated rings. The van der Waals surface area contributed by atoms with E-state index in [1.54, 1.807) is 6.33 Å². The normalized spacial score (nSPS) is 10.6. The van der Waals surface area contributed by atoms with Crippen LogP contribution < -0.4 is 5.32 Å². The maximum Gasteiger partial charge on any atom is 0.162 e. The molecule has 0 amide bonds. The fourth-order valence-corrected chi connectivity index (χ4v) is 2.23. The van der Waals surface area contributed by atoms with E-state index in [-0.39, 0.29) is 0 Å². The highest BCUT2D eigenvalue weighted by Crippen LogP contribution is 2.32. The molecule has 0 spiro atoms. The molecule has 2 heterocycles. The molecule has 0 aliphatic heterocycles. The van der Waals surface area contributed by atoms with E-state index in [9.17, 15) is 0 Å². The minimum Gasteiger partial charge on any atom is -0.378 e. The fraction of sp³-hybridized carbons (Fsp3) is 0.444. The van der Waals surface area contributed by atoms with Gasteiger partial charge >= 0.3 is 0 Å². The lowest BCUT2D eigenvalue weighted by Crippen LogP contribution is -2.01. The number of rotatable bonds is 3. The molecular formula is C9H13N5S. The number of aromatic nitrogens is 4. The highest BCUT2D eigenvalue weighted by Gasteiger charge is 2.16. The van der Waals surface area contributed by atoms with Crippen LogP contribution in [0.2, 0.25) is 0 Å². The summed E-state index contributed by atoms with van der Waals surface area (Å²) in [6, 6.07) is 0. The van der Waals surface area contributed by atoms with Gasteiger partial charge < -0.3 is 5.32 Å². The summed E-state index contributed by atoms with van der Waals surface area (Å²) in [4.78, 5) is 4.28. The van der Waals surface area contributed by atoms with Gasteiger partial charge in [0.2, 0.25) is 0 Å². The Labute approximate surface area is 92.3 Å². The van der Waals surface area contributed by atoms with Crippen molar-refractivity contribution in [2.45, 2.75) is 20.4 Å². The van der Waals surface area contributed by atoms with Crippen molar-refractivity contribution in [1.29, 1.82) is 0 Å². The van der Waals surface area contributed by atoms with Crippen molar-refractivity contribution in [2.24, 2.45) is 0 Å². The van der Waals surface area contributed by atoms with Crippen LogP contribution in [0.4, 0.5) is 5.00 Å². The van der Waals surface area contributed by atoms with Gasteiger partial charge in [0.05, 0.1) is 11.3 Å². The zero-order valence-corrected chi connectivity index (χ0v) is 9.80. The number of hydrogen-bond donors (Lipinski definition) is 1. The molecule has 2 aromatic heterocycles. The van der Waals surface area contributed by atoms with Gasteiger partial charge in [0.1, 0.15) is 11.3 Å². The molecule has 0 aliphatic carbocycles. The van der Waals surface area contributed by atoms with Crippen LogP contribution in [-0.2, 0) is 6.54 Å². The predicted octanol–water partition coefficient (Wildman–Crippen LogP) is 1.77. The maximum absolute atomic E-state index is 4.32. The summed E-state index contributed by atoms with van der Waals surface area (Å²) in [5.74, 6) is 0.883. The summed E-state index contributed by atoms with van der Waals surface area (Å²) in [6.07, 6.45) is 1.58. The summed E-state index contributed by atoms with van der Waals surface area (Å²) in [5.41, 5.74) is 2.05. The van der Waals surface area contributed by atoms with Crippen LogP contribution in [-0.4, -0.2) is 26.2 Å². The fourth-order valence-electron chi connectivity index (χ4n) is 1.49. The van der Waals surface area contributed by atoms with Crippen molar-refractivity contribution in [3.05, 3.63) is 12.0 Å². The summed E-state index contributed by atoms with van der Waals surface area (Å²) in [7, 11) is 1.89. The molecule has 0 atom stereocenters. The largest absolute Gasteiger partial charge is 0.378 e. The van der Waals surface area contributed by atoms with Gasteiger partial charge in [-0.2, -0.15) is 9.47 Å². The first-order valence-electron chi connectivity index (χ1n) is 4.80. The van der Waals surface area contributed by atoms with E-state index in [1.165, 1.54) is 11.5 Å². The second kappa shape index (κ2) is 3.98. The third kappa shape index (κ3) is 1.61. The zero-order valence-electron chi connectivity index (χ0n) is 8.98. The van der Waals surface area contributed by atoms with Crippen molar-refractivity contribution in [3.8, 4) is 11.4 Å². The smallest absolute Gasteiger partial charge is 0.162 e. The van der Waals surface area contributed by atoms with Gasteiger partial charge in [-0.25, -0.2) is 9.67 Å². The van der Waals surface area contributed by atoms with E-state index in [0.717, 1.165) is 28.6 Å². The first kappa shape index (κ1) is 10.1. The Bertz CT molecular complexity index is 459. The summed E-state index contributed by atoms with van der Waals surface area (Å²) < 4.78 is 6.19. The zero-order chi connectivity index (χ0) is 10.8. The Morgan fingerprint density at radius 3 is 3.00 bits per heavy atom. The van der Waals surface area contributed by atoms with Crippen LogP contribution in [0.5, 0.6) is 0 Å². The molecule has 0 saturated carbocycles. The Hall–Kier alpha value is -1.43. The van der Waals surface area contributed by atoms with Crippen molar-refractivity contribution in [3.63, 3.8) is 0 Å². The topological polar surface area (TPSA) is 55.6 Å². The minimum absolute atomic E-state index is 0.813. The van der Waals surface area contributed by atoms with Crippen molar-refractivity contribution < 1.29 is 0 Å². The van der Waals surface area contributed by atoms with E-state index < -0.39 is 0 Å². The molecule has 0 aliphatic rings. The van der Waals surface area contributed by atoms with Crippen LogP contribution in [0.15, 0.2) is 6.33 Å². The van der Waals surface area contributed by atoms with Crippen molar-refractivity contribution >= 4 is 16.5 Å². The first-order chi connectivity index (χ1) is 7.27. The molecule has 5 nitrogen and oxygen atoms in total. The molecule has 80 valence electrons. The second-order valence-corrected chi connectivity index (χ2v) is 3.89. The van der Waals surface area contributed by atoms with Gasteiger partial charge in [0.25, 0.3) is 0 Å². The van der Waals surface area contributed by atoms with Crippen molar-refractivity contribution in [1.82, 2.24) is 19.1 Å². The van der Waals surface area contributed by atoms with Crippen LogP contribution in [0.25, 0.3) is 11.4 Å². The monoisotopic (exact) mass is 223 g/mol. The van der Waals surface area contributed by atoms with Crippen LogP contribution in [0.1, 0.15) is 12.6 Å². The number of nitrogens with zero attached hydrogens (tertiary/aromatic N) is 4. The van der Waals surface area contributed by atoms with Crippen molar-refractivity contribution in [2.75, 3.05) is 12.4 Å². The van der Waals surface area contributed by atoms with E-state index in [0.29, 0.717) is 0 Å². The molecule has 6 heteroatoms. The van der Waals surface area contributed by atoms with E-state index in [2.05, 4.69) is 19.8 Å². The molecule has 0 aromatic carbocycles. The average Bonchev–Trinajstić information content (AvgIpc) is 2.82. The van der Waals surface area contributed by atoms with E-state index >= 15 is 0 Å². The lowest BCUT2D eigenvalue weighted by molar-refractivity contribution is 0.666. The molecule has 0 saturated heterocycles. The number of anilines is 1. The van der Waals surface area contributed by atoms with Crippen LogP contribution in [0.3, 0.4) is 0 Å². The third-order valence-electron chi connectivity index (χ3n) is 2.23. The summed E-state index contributed by atoms with van der Waals surface area (Å²) >= 11 is 1.45. The van der Waals surface area contributed by atoms with E-state index in [1.807, 2.05) is 25.6 Å². The maximum atomic E-state index is 4.32. The molecule has 0 bridgehead atoms. The van der Waals surface area contributed by atoms with Crippen LogP contribution >= 0.6 is 11.5 Å². The van der Waals surface area contributed by atoms with Gasteiger partial charge in [-0.05, 0) is 25.4 Å². The molecule has 0 unspecified atom stereocenters. The molecule has 2 rings (SSSR count). The SMILES string of the molecule is CCn1ncnc1-c1c(C)nsc1NC. The molecule has 2 aromatic rings. The first-order valence-corrected chi connectivity index (χ1v) is 5.57. The summed E-state index contributed by atoms with van der Waals surface area (Å²) in [5, 5.41) is 8.33. The number of hydrogen-bond acceptors (Lipinski definition) is 5. The van der Waals surface area contributed by atoms with Gasteiger partial charge in [0, 0.05) is 13.6 Å². The Kier molecular flexibility index (Phi) is 2.68. The second-order valence-electron chi connectivity index (χ2n) is 3.12. The Morgan fingerprint density at radius 1 is 1.53 bits per heavy atom. The van der Waals surface area contributed by atoms with E-state index in [4.69, 9.17) is 0 Å². The minimum atomic E-state index is 0.813. The highest BCUT2D eigenvalue weighted by atomic mass is 32.1. The molecule has 0 radical (unpaired) electrons. The van der Waals surface area contributed by atoms with Gasteiger partial charge in [-0.3, -0.25) is 0 Å². The number of nitrogens with one attached hydrogen (secondary N) is 1. The quantitative estimate of drug-likeness (QED) is 0.861. The third-order valence-corrected chi connectivity index (χ3v) is 3.18. The standard InChI is InChI=1S/C9H13N5S/c1-4-14-8(11-5-12-14)7-6(2)13-15-9(7)10-3/h5,10H,4H2,1-3H3. The predicted molar refractivity (Wildman–Crippen MR) is 61.1 cm³/mol. The van der Waals surface area contributed by atoms with Gasteiger partial charge in [-0.15, -0.1) is 0 Å². The van der Waals surface area contributed by atoms with Gasteiger partial charge in [0.15, 0.2) is 5.82 Å². The Balaban J connectivity index is 2.57. The Morgan fingerprint density at radius 2 is 2.33 bits per heavy atom. The molecule has 1 N–H and O–H groups in total. The summed E-state index contributed by atoms with van der Waals surface area (Å²) in [6.45, 7) is 4.85. The molecular weight excluding hydrogens is 210 g/mol. The average molecular weight is 223 g/mol. The molecule has 15 heavy (non-hydrogen) atoms.